The Labute approximate surface area is 208 Å². The highest BCUT2D eigenvalue weighted by atomic mass is 16.6. The normalized spacial score (nSPS) is 15.9. The monoisotopic (exact) mass is 487 g/mol. The number of nitrogens with one attached hydrogen (secondary N) is 1. The number of nitrogens with two attached hydrogens (primary N) is 1. The van der Waals surface area contributed by atoms with Crippen LogP contribution in [-0.2, 0) is 4.74 Å². The number of ether oxygens (including phenoxy) is 2. The van der Waals surface area contributed by atoms with E-state index < -0.39 is 5.60 Å². The fourth-order valence-electron chi connectivity index (χ4n) is 4.55. The molecular formula is C27H29N5O4. The molecule has 1 aliphatic rings. The molecule has 1 saturated heterocycles. The highest BCUT2D eigenvalue weighted by Gasteiger charge is 2.33. The van der Waals surface area contributed by atoms with Gasteiger partial charge in [0.05, 0.1) is 5.39 Å². The van der Waals surface area contributed by atoms with Crippen molar-refractivity contribution in [3.8, 4) is 17.2 Å². The number of para-hydroxylation sites is 1. The van der Waals surface area contributed by atoms with Gasteiger partial charge in [-0.25, -0.2) is 9.89 Å². The first kappa shape index (κ1) is 23.5. The van der Waals surface area contributed by atoms with Crippen LogP contribution in [0.5, 0.6) is 11.5 Å². The summed E-state index contributed by atoms with van der Waals surface area (Å²) in [6.45, 7) is 6.54. The first-order valence-corrected chi connectivity index (χ1v) is 11.9. The number of rotatable bonds is 4. The van der Waals surface area contributed by atoms with Crippen LogP contribution >= 0.6 is 0 Å². The molecule has 2 aromatic heterocycles. The molecule has 1 atom stereocenters. The highest BCUT2D eigenvalue weighted by molar-refractivity contribution is 5.92. The molecule has 36 heavy (non-hydrogen) atoms. The van der Waals surface area contributed by atoms with Crippen molar-refractivity contribution in [3.63, 3.8) is 0 Å². The maximum Gasteiger partial charge on any atom is 0.410 e. The molecule has 3 N–H and O–H groups in total. The number of fused-ring (bicyclic) bond motifs is 1. The van der Waals surface area contributed by atoms with Gasteiger partial charge >= 0.3 is 6.09 Å². The van der Waals surface area contributed by atoms with Crippen LogP contribution in [0.4, 0.5) is 10.6 Å². The van der Waals surface area contributed by atoms with Crippen molar-refractivity contribution in [2.75, 3.05) is 18.8 Å². The van der Waals surface area contributed by atoms with Crippen molar-refractivity contribution in [1.82, 2.24) is 19.7 Å². The minimum absolute atomic E-state index is 0.0372. The summed E-state index contributed by atoms with van der Waals surface area (Å²) >= 11 is 0. The van der Waals surface area contributed by atoms with Crippen LogP contribution in [-0.4, -0.2) is 44.4 Å². The van der Waals surface area contributed by atoms with Crippen LogP contribution < -0.4 is 16.0 Å². The number of carbonyl (C=O) groups is 1. The van der Waals surface area contributed by atoms with E-state index in [0.29, 0.717) is 36.2 Å². The zero-order valence-corrected chi connectivity index (χ0v) is 20.5. The van der Waals surface area contributed by atoms with E-state index in [1.54, 1.807) is 4.90 Å². The minimum atomic E-state index is -0.571. The number of H-pyrrole nitrogens is 1. The minimum Gasteiger partial charge on any atom is -0.457 e. The summed E-state index contributed by atoms with van der Waals surface area (Å²) in [7, 11) is 0. The summed E-state index contributed by atoms with van der Waals surface area (Å²) in [6.07, 6.45) is 2.29. The molecule has 1 amide bonds. The highest BCUT2D eigenvalue weighted by Crippen LogP contribution is 2.36. The molecule has 9 heteroatoms. The van der Waals surface area contributed by atoms with Crippen LogP contribution in [0.25, 0.3) is 16.6 Å². The number of benzene rings is 2. The molecule has 0 spiro atoms. The lowest BCUT2D eigenvalue weighted by atomic mass is 9.99. The summed E-state index contributed by atoms with van der Waals surface area (Å²) in [4.78, 5) is 27.2. The average molecular weight is 488 g/mol. The standard InChI is InChI=1S/C27H29N5O4/c1-27(2,3)36-26(34)31-14-13-17(15-31)21-16-32(23-22(21)25(33)30-29-24(23)28)18-9-11-20(12-10-18)35-19-7-5-4-6-8-19/h4-12,16-17H,13-15H2,1-3H3,(H2,28,29)(H,30,33). The molecule has 1 unspecified atom stereocenters. The van der Waals surface area contributed by atoms with E-state index in [9.17, 15) is 9.59 Å². The van der Waals surface area contributed by atoms with E-state index in [-0.39, 0.29) is 23.4 Å². The molecule has 0 radical (unpaired) electrons. The van der Waals surface area contributed by atoms with Gasteiger partial charge in [0.1, 0.15) is 22.6 Å². The molecule has 0 saturated carbocycles. The van der Waals surface area contributed by atoms with Crippen molar-refractivity contribution in [1.29, 1.82) is 0 Å². The molecule has 5 rings (SSSR count). The van der Waals surface area contributed by atoms with Crippen LogP contribution in [0.15, 0.2) is 65.6 Å². The van der Waals surface area contributed by atoms with E-state index in [4.69, 9.17) is 15.2 Å². The fourth-order valence-corrected chi connectivity index (χ4v) is 4.55. The number of likely N-dealkylation sites (tertiary alicyclic amines) is 1. The number of nitrogen functional groups attached to an aromatic ring is 1. The molecule has 2 aromatic carbocycles. The lowest BCUT2D eigenvalue weighted by Crippen LogP contribution is -2.35. The van der Waals surface area contributed by atoms with Gasteiger partial charge in [0.2, 0.25) is 0 Å². The Balaban J connectivity index is 1.48. The Bertz CT molecular complexity index is 1450. The first-order valence-electron chi connectivity index (χ1n) is 11.9. The Hall–Kier alpha value is -4.27. The van der Waals surface area contributed by atoms with Crippen LogP contribution in [0.2, 0.25) is 0 Å². The third kappa shape index (κ3) is 4.64. The number of anilines is 1. The lowest BCUT2D eigenvalue weighted by Gasteiger charge is -2.24. The number of amides is 1. The molecule has 1 fully saturated rings. The van der Waals surface area contributed by atoms with Crippen LogP contribution in [0.1, 0.15) is 38.7 Å². The second-order valence-electron chi connectivity index (χ2n) is 9.94. The van der Waals surface area contributed by atoms with E-state index in [1.807, 2.05) is 86.1 Å². The van der Waals surface area contributed by atoms with Gasteiger partial charge < -0.3 is 24.7 Å². The molecule has 1 aliphatic heterocycles. The van der Waals surface area contributed by atoms with E-state index in [0.717, 1.165) is 17.0 Å². The van der Waals surface area contributed by atoms with Gasteiger partial charge in [-0.3, -0.25) is 4.79 Å². The van der Waals surface area contributed by atoms with Gasteiger partial charge in [0, 0.05) is 30.9 Å². The third-order valence-corrected chi connectivity index (χ3v) is 6.16. The molecular weight excluding hydrogens is 458 g/mol. The molecule has 0 aliphatic carbocycles. The molecule has 186 valence electrons. The van der Waals surface area contributed by atoms with E-state index >= 15 is 0 Å². The van der Waals surface area contributed by atoms with Crippen LogP contribution in [0.3, 0.4) is 0 Å². The predicted octanol–water partition coefficient (Wildman–Crippen LogP) is 4.81. The average Bonchev–Trinajstić information content (AvgIpc) is 3.48. The lowest BCUT2D eigenvalue weighted by molar-refractivity contribution is 0.0292. The summed E-state index contributed by atoms with van der Waals surface area (Å²) in [5.41, 5.74) is 7.54. The predicted molar refractivity (Wildman–Crippen MR) is 138 cm³/mol. The largest absolute Gasteiger partial charge is 0.457 e. The van der Waals surface area contributed by atoms with Gasteiger partial charge in [-0.05, 0) is 69.2 Å². The topological polar surface area (TPSA) is 115 Å². The molecule has 9 nitrogen and oxygen atoms in total. The van der Waals surface area contributed by atoms with Crippen molar-refractivity contribution < 1.29 is 14.3 Å². The Kier molecular flexibility index (Phi) is 5.91. The number of hydrogen-bond donors (Lipinski definition) is 2. The Morgan fingerprint density at radius 2 is 1.78 bits per heavy atom. The smallest absolute Gasteiger partial charge is 0.410 e. The van der Waals surface area contributed by atoms with Gasteiger partial charge in [0.25, 0.3) is 5.56 Å². The Morgan fingerprint density at radius 1 is 1.08 bits per heavy atom. The quantitative estimate of drug-likeness (QED) is 0.427. The first-order chi connectivity index (χ1) is 17.2. The van der Waals surface area contributed by atoms with E-state index in [1.165, 1.54) is 0 Å². The third-order valence-electron chi connectivity index (χ3n) is 6.16. The summed E-state index contributed by atoms with van der Waals surface area (Å²) < 4.78 is 13.3. The summed E-state index contributed by atoms with van der Waals surface area (Å²) in [5, 5.41) is 6.99. The second kappa shape index (κ2) is 9.07. The van der Waals surface area contributed by atoms with Gasteiger partial charge in [-0.2, -0.15) is 5.10 Å². The molecule has 4 aromatic rings. The van der Waals surface area contributed by atoms with Gasteiger partial charge in [0.15, 0.2) is 5.82 Å². The van der Waals surface area contributed by atoms with Crippen LogP contribution in [0, 0.1) is 0 Å². The number of aromatic amines is 1. The zero-order valence-electron chi connectivity index (χ0n) is 20.5. The maximum absolute atomic E-state index is 12.9. The molecule has 0 bridgehead atoms. The van der Waals surface area contributed by atoms with Crippen molar-refractivity contribution >= 4 is 22.8 Å². The zero-order chi connectivity index (χ0) is 25.4. The molecule has 3 heterocycles. The summed E-state index contributed by atoms with van der Waals surface area (Å²) in [5.74, 6) is 1.62. The fraction of sp³-hybridized carbons (Fsp3) is 0.296. The van der Waals surface area contributed by atoms with Crippen molar-refractivity contribution in [3.05, 3.63) is 76.7 Å². The Morgan fingerprint density at radius 3 is 2.47 bits per heavy atom. The second-order valence-corrected chi connectivity index (χ2v) is 9.94. The number of aromatic nitrogens is 3. The van der Waals surface area contributed by atoms with E-state index in [2.05, 4.69) is 10.2 Å². The van der Waals surface area contributed by atoms with Gasteiger partial charge in [-0.1, -0.05) is 18.2 Å². The van der Waals surface area contributed by atoms with Gasteiger partial charge in [-0.15, -0.1) is 0 Å². The van der Waals surface area contributed by atoms with Crippen molar-refractivity contribution in [2.45, 2.75) is 38.7 Å². The number of hydrogen-bond acceptors (Lipinski definition) is 6. The summed E-state index contributed by atoms with van der Waals surface area (Å²) in [6, 6.07) is 17.1. The SMILES string of the molecule is CC(C)(C)OC(=O)N1CCC(c2cn(-c3ccc(Oc4ccccc4)cc3)c3c(N)n[nH]c(=O)c23)C1. The number of carbonyl (C=O) groups excluding carboxylic acids is 1. The maximum atomic E-state index is 12.9. The number of nitrogens with zero attached hydrogens (tertiary/aromatic N) is 3. The van der Waals surface area contributed by atoms with Crippen molar-refractivity contribution in [2.24, 2.45) is 0 Å².